The van der Waals surface area contributed by atoms with Gasteiger partial charge in [-0.1, -0.05) is 45.8 Å². The first-order valence-electron chi connectivity index (χ1n) is 7.41. The van der Waals surface area contributed by atoms with E-state index in [0.29, 0.717) is 0 Å². The summed E-state index contributed by atoms with van der Waals surface area (Å²) >= 11 is 1.98. The van der Waals surface area contributed by atoms with E-state index in [1.165, 1.54) is 35.4 Å². The molecule has 0 unspecified atom stereocenters. The molecule has 1 heterocycles. The van der Waals surface area contributed by atoms with Gasteiger partial charge in [-0.2, -0.15) is 0 Å². The first kappa shape index (κ1) is 14.6. The lowest BCUT2D eigenvalue weighted by Gasteiger charge is -2.18. The summed E-state index contributed by atoms with van der Waals surface area (Å²) in [4.78, 5) is 2.97. The molecule has 0 atom stereocenters. The van der Waals surface area contributed by atoms with Gasteiger partial charge >= 0.3 is 0 Å². The molecule has 0 saturated carbocycles. The number of rotatable bonds is 3. The lowest BCUT2D eigenvalue weighted by Crippen LogP contribution is -2.07. The molecule has 0 aromatic carbocycles. The molecule has 0 amide bonds. The molecule has 1 heteroatoms. The third-order valence-corrected chi connectivity index (χ3v) is 5.43. The Kier molecular flexibility index (Phi) is 4.35. The van der Waals surface area contributed by atoms with Crippen LogP contribution in [0.2, 0.25) is 0 Å². The molecule has 0 aliphatic heterocycles. The summed E-state index contributed by atoms with van der Waals surface area (Å²) in [7, 11) is 0. The number of hydrogen-bond acceptors (Lipinski definition) is 1. The van der Waals surface area contributed by atoms with Gasteiger partial charge in [0.1, 0.15) is 0 Å². The van der Waals surface area contributed by atoms with E-state index in [9.17, 15) is 0 Å². The minimum Gasteiger partial charge on any atom is -0.140 e. The number of thiophene rings is 1. The topological polar surface area (TPSA) is 0 Å². The van der Waals surface area contributed by atoms with Crippen molar-refractivity contribution in [2.45, 2.75) is 65.7 Å². The molecule has 19 heavy (non-hydrogen) atoms. The van der Waals surface area contributed by atoms with E-state index < -0.39 is 0 Å². The second-order valence-electron chi connectivity index (χ2n) is 6.64. The summed E-state index contributed by atoms with van der Waals surface area (Å²) < 4.78 is 0. The Morgan fingerprint density at radius 1 is 1.16 bits per heavy atom. The highest BCUT2D eigenvalue weighted by atomic mass is 32.1. The SMILES string of the molecule is CCCC1=C(C)CCC(c2ccc(C(C)(C)C)s2)=C1. The van der Waals surface area contributed by atoms with Crippen molar-refractivity contribution in [2.24, 2.45) is 0 Å². The zero-order valence-electron chi connectivity index (χ0n) is 13.0. The van der Waals surface area contributed by atoms with Crippen LogP contribution < -0.4 is 0 Å². The van der Waals surface area contributed by atoms with Crippen LogP contribution in [-0.2, 0) is 5.41 Å². The van der Waals surface area contributed by atoms with Crippen LogP contribution in [0.4, 0.5) is 0 Å². The fourth-order valence-corrected chi connectivity index (χ4v) is 3.66. The van der Waals surface area contributed by atoms with E-state index >= 15 is 0 Å². The minimum atomic E-state index is 0.274. The van der Waals surface area contributed by atoms with Crippen molar-refractivity contribution < 1.29 is 0 Å². The molecule has 0 fully saturated rings. The standard InChI is InChI=1S/C18H26S/c1-6-7-14-12-15(9-8-13(14)2)16-10-11-17(19-16)18(3,4)5/h10-12H,6-9H2,1-5H3. The van der Waals surface area contributed by atoms with E-state index in [-0.39, 0.29) is 5.41 Å². The maximum atomic E-state index is 2.46. The van der Waals surface area contributed by atoms with Crippen molar-refractivity contribution in [2.75, 3.05) is 0 Å². The van der Waals surface area contributed by atoms with Crippen LogP contribution in [0.15, 0.2) is 29.4 Å². The third kappa shape index (κ3) is 3.39. The molecule has 0 nitrogen and oxygen atoms in total. The van der Waals surface area contributed by atoms with Gasteiger partial charge in [0.15, 0.2) is 0 Å². The highest BCUT2D eigenvalue weighted by Gasteiger charge is 2.18. The Morgan fingerprint density at radius 2 is 1.89 bits per heavy atom. The second kappa shape index (κ2) is 5.66. The Balaban J connectivity index is 2.28. The van der Waals surface area contributed by atoms with Crippen LogP contribution >= 0.6 is 11.3 Å². The van der Waals surface area contributed by atoms with Crippen molar-refractivity contribution in [3.05, 3.63) is 39.1 Å². The van der Waals surface area contributed by atoms with Crippen molar-refractivity contribution in [1.29, 1.82) is 0 Å². The molecule has 0 saturated heterocycles. The van der Waals surface area contributed by atoms with Gasteiger partial charge in [-0.3, -0.25) is 0 Å². The molecule has 1 aliphatic carbocycles. The number of allylic oxidation sites excluding steroid dienone is 4. The summed E-state index contributed by atoms with van der Waals surface area (Å²) in [5.74, 6) is 0. The van der Waals surface area contributed by atoms with Gasteiger partial charge in [0.05, 0.1) is 0 Å². The van der Waals surface area contributed by atoms with Crippen molar-refractivity contribution in [1.82, 2.24) is 0 Å². The Labute approximate surface area is 122 Å². The maximum absolute atomic E-state index is 2.46. The van der Waals surface area contributed by atoms with Gasteiger partial charge in [0.25, 0.3) is 0 Å². The molecule has 0 bridgehead atoms. The Bertz CT molecular complexity index is 506. The molecule has 2 rings (SSSR count). The summed E-state index contributed by atoms with van der Waals surface area (Å²) in [6.45, 7) is 11.5. The van der Waals surface area contributed by atoms with Gasteiger partial charge < -0.3 is 0 Å². The highest BCUT2D eigenvalue weighted by molar-refractivity contribution is 7.13. The van der Waals surface area contributed by atoms with Gasteiger partial charge in [-0.25, -0.2) is 0 Å². The van der Waals surface area contributed by atoms with E-state index in [1.807, 2.05) is 11.3 Å². The Morgan fingerprint density at radius 3 is 2.47 bits per heavy atom. The van der Waals surface area contributed by atoms with Crippen LogP contribution in [0.1, 0.15) is 70.1 Å². The van der Waals surface area contributed by atoms with Crippen LogP contribution in [-0.4, -0.2) is 0 Å². The normalized spacial score (nSPS) is 16.8. The average molecular weight is 274 g/mol. The van der Waals surface area contributed by atoms with Crippen molar-refractivity contribution in [3.63, 3.8) is 0 Å². The number of hydrogen-bond donors (Lipinski definition) is 0. The smallest absolute Gasteiger partial charge is 0.0305 e. The lowest BCUT2D eigenvalue weighted by molar-refractivity contribution is 0.604. The average Bonchev–Trinajstić information content (AvgIpc) is 2.81. The predicted molar refractivity (Wildman–Crippen MR) is 87.8 cm³/mol. The zero-order valence-corrected chi connectivity index (χ0v) is 13.8. The third-order valence-electron chi connectivity index (χ3n) is 3.85. The monoisotopic (exact) mass is 274 g/mol. The molecule has 1 aliphatic rings. The first-order chi connectivity index (χ1) is 8.91. The molecule has 0 N–H and O–H groups in total. The van der Waals surface area contributed by atoms with Crippen LogP contribution in [0.3, 0.4) is 0 Å². The second-order valence-corrected chi connectivity index (χ2v) is 7.72. The molecular formula is C18H26S. The van der Waals surface area contributed by atoms with Gasteiger partial charge in [-0.05, 0) is 54.9 Å². The summed E-state index contributed by atoms with van der Waals surface area (Å²) in [5, 5.41) is 0. The molecular weight excluding hydrogens is 248 g/mol. The van der Waals surface area contributed by atoms with Crippen LogP contribution in [0.25, 0.3) is 5.57 Å². The predicted octanol–water partition coefficient (Wildman–Crippen LogP) is 6.34. The van der Waals surface area contributed by atoms with Crippen molar-refractivity contribution in [3.8, 4) is 0 Å². The largest absolute Gasteiger partial charge is 0.140 e. The van der Waals surface area contributed by atoms with E-state index in [2.05, 4.69) is 52.8 Å². The molecule has 104 valence electrons. The Hall–Kier alpha value is -0.820. The van der Waals surface area contributed by atoms with Crippen LogP contribution in [0, 0.1) is 0 Å². The van der Waals surface area contributed by atoms with Gasteiger partial charge in [-0.15, -0.1) is 11.3 Å². The molecule has 0 radical (unpaired) electrons. The van der Waals surface area contributed by atoms with Gasteiger partial charge in [0.2, 0.25) is 0 Å². The van der Waals surface area contributed by atoms with Gasteiger partial charge in [0, 0.05) is 9.75 Å². The van der Waals surface area contributed by atoms with E-state index in [1.54, 1.807) is 16.7 Å². The molecule has 1 aromatic heterocycles. The minimum absolute atomic E-state index is 0.274. The molecule has 0 spiro atoms. The maximum Gasteiger partial charge on any atom is 0.0305 e. The summed E-state index contributed by atoms with van der Waals surface area (Å²) in [6.07, 6.45) is 7.38. The van der Waals surface area contributed by atoms with E-state index in [0.717, 1.165) is 0 Å². The lowest BCUT2D eigenvalue weighted by atomic mass is 9.90. The fourth-order valence-electron chi connectivity index (χ4n) is 2.55. The quantitative estimate of drug-likeness (QED) is 0.603. The molecule has 1 aromatic rings. The van der Waals surface area contributed by atoms with Crippen molar-refractivity contribution >= 4 is 16.9 Å². The van der Waals surface area contributed by atoms with E-state index in [4.69, 9.17) is 0 Å². The highest BCUT2D eigenvalue weighted by Crippen LogP contribution is 2.38. The summed E-state index contributed by atoms with van der Waals surface area (Å²) in [5.41, 5.74) is 5.00. The fraction of sp³-hybridized carbons (Fsp3) is 0.556. The first-order valence-corrected chi connectivity index (χ1v) is 8.23. The zero-order chi connectivity index (χ0) is 14.0. The summed E-state index contributed by atoms with van der Waals surface area (Å²) in [6, 6.07) is 4.63. The van der Waals surface area contributed by atoms with Crippen LogP contribution in [0.5, 0.6) is 0 Å².